The van der Waals surface area contributed by atoms with Gasteiger partial charge in [-0.3, -0.25) is 4.98 Å². The molecule has 1 fully saturated rings. The van der Waals surface area contributed by atoms with Gasteiger partial charge in [-0.2, -0.15) is 0 Å². The third-order valence-corrected chi connectivity index (χ3v) is 4.56. The number of pyridine rings is 1. The average Bonchev–Trinajstić information content (AvgIpc) is 2.48. The van der Waals surface area contributed by atoms with E-state index in [-0.39, 0.29) is 5.60 Å². The summed E-state index contributed by atoms with van der Waals surface area (Å²) in [4.78, 5) is 4.70. The Bertz CT molecular complexity index is 640. The van der Waals surface area contributed by atoms with Crippen molar-refractivity contribution in [1.82, 2.24) is 4.98 Å². The number of aromatic nitrogens is 1. The fraction of sp³-hybridized carbons (Fsp3) is 0.500. The van der Waals surface area contributed by atoms with Gasteiger partial charge in [-0.1, -0.05) is 25.1 Å². The number of aryl methyl sites for hydroxylation is 1. The molecule has 1 aromatic heterocycles. The molecule has 2 unspecified atom stereocenters. The lowest BCUT2D eigenvalue weighted by molar-refractivity contribution is -0.0708. The first-order valence-electron chi connectivity index (χ1n) is 7.86. The molecule has 0 amide bonds. The maximum atomic E-state index is 5.93. The summed E-state index contributed by atoms with van der Waals surface area (Å²) in [6.07, 6.45) is 3.15. The molecule has 1 saturated heterocycles. The summed E-state index contributed by atoms with van der Waals surface area (Å²) in [5, 5.41) is 4.89. The maximum absolute atomic E-state index is 5.93. The number of nitrogens with zero attached hydrogens (tertiary/aromatic N) is 1. The van der Waals surface area contributed by atoms with Crippen molar-refractivity contribution < 1.29 is 4.74 Å². The van der Waals surface area contributed by atoms with Crippen molar-refractivity contribution in [3.05, 3.63) is 36.0 Å². The minimum absolute atomic E-state index is 0.00382. The summed E-state index contributed by atoms with van der Waals surface area (Å²) in [7, 11) is 0. The van der Waals surface area contributed by atoms with E-state index < -0.39 is 0 Å². The van der Waals surface area contributed by atoms with Crippen LogP contribution in [0.25, 0.3) is 10.9 Å². The minimum Gasteiger partial charge on any atom is -0.380 e. The van der Waals surface area contributed by atoms with Crippen LogP contribution in [0.15, 0.2) is 30.3 Å². The van der Waals surface area contributed by atoms with Gasteiger partial charge < -0.3 is 10.1 Å². The van der Waals surface area contributed by atoms with E-state index in [9.17, 15) is 0 Å². The van der Waals surface area contributed by atoms with E-state index in [2.05, 4.69) is 49.5 Å². The summed E-state index contributed by atoms with van der Waals surface area (Å²) in [6, 6.07) is 11.0. The smallest absolute Gasteiger partial charge is 0.0936 e. The van der Waals surface area contributed by atoms with Crippen LogP contribution in [0.5, 0.6) is 0 Å². The minimum atomic E-state index is 0.00382. The van der Waals surface area contributed by atoms with Crippen LogP contribution >= 0.6 is 0 Å². The van der Waals surface area contributed by atoms with E-state index >= 15 is 0 Å². The predicted molar refractivity (Wildman–Crippen MR) is 87.8 cm³/mol. The van der Waals surface area contributed by atoms with Crippen LogP contribution in [0.2, 0.25) is 0 Å². The molecule has 1 aliphatic heterocycles. The highest BCUT2D eigenvalue weighted by Crippen LogP contribution is 2.31. The average molecular weight is 284 g/mol. The van der Waals surface area contributed by atoms with Gasteiger partial charge >= 0.3 is 0 Å². The fourth-order valence-corrected chi connectivity index (χ4v) is 3.08. The third kappa shape index (κ3) is 3.03. The molecular weight excluding hydrogens is 260 g/mol. The van der Waals surface area contributed by atoms with Gasteiger partial charge in [0.15, 0.2) is 0 Å². The van der Waals surface area contributed by atoms with Gasteiger partial charge in [0.05, 0.1) is 16.8 Å². The van der Waals surface area contributed by atoms with Gasteiger partial charge in [-0.15, -0.1) is 0 Å². The predicted octanol–water partition coefficient (Wildman–Crippen LogP) is 4.30. The largest absolute Gasteiger partial charge is 0.380 e. The van der Waals surface area contributed by atoms with E-state index in [1.807, 2.05) is 6.92 Å². The van der Waals surface area contributed by atoms with Gasteiger partial charge in [0, 0.05) is 23.7 Å². The van der Waals surface area contributed by atoms with Crippen molar-refractivity contribution in [1.29, 1.82) is 0 Å². The Morgan fingerprint density at radius 1 is 1.33 bits per heavy atom. The van der Waals surface area contributed by atoms with Crippen molar-refractivity contribution >= 4 is 16.6 Å². The van der Waals surface area contributed by atoms with Gasteiger partial charge in [-0.25, -0.2) is 0 Å². The Hall–Kier alpha value is -1.61. The zero-order chi connectivity index (χ0) is 14.9. The van der Waals surface area contributed by atoms with Crippen LogP contribution in [-0.4, -0.2) is 23.2 Å². The molecule has 3 rings (SSSR count). The number of benzene rings is 1. The SMILES string of the molecule is CCC1(C)CC(Nc2cccc3ccc(C)nc23)CCO1. The molecule has 21 heavy (non-hydrogen) atoms. The highest BCUT2D eigenvalue weighted by molar-refractivity contribution is 5.90. The molecule has 2 aromatic rings. The lowest BCUT2D eigenvalue weighted by Gasteiger charge is -2.38. The van der Waals surface area contributed by atoms with Crippen molar-refractivity contribution in [2.45, 2.75) is 51.7 Å². The molecule has 0 bridgehead atoms. The summed E-state index contributed by atoms with van der Waals surface area (Å²) in [6.45, 7) is 7.29. The monoisotopic (exact) mass is 284 g/mol. The van der Waals surface area contributed by atoms with Crippen LogP contribution in [0.1, 0.15) is 38.8 Å². The molecule has 0 radical (unpaired) electrons. The Balaban J connectivity index is 1.86. The molecule has 1 aromatic carbocycles. The number of fused-ring (bicyclic) bond motifs is 1. The molecular formula is C18H24N2O. The zero-order valence-corrected chi connectivity index (χ0v) is 13.1. The summed E-state index contributed by atoms with van der Waals surface area (Å²) >= 11 is 0. The van der Waals surface area contributed by atoms with Crippen molar-refractivity contribution in [2.75, 3.05) is 11.9 Å². The molecule has 0 aliphatic carbocycles. The Labute approximate surface area is 126 Å². The zero-order valence-electron chi connectivity index (χ0n) is 13.1. The first kappa shape index (κ1) is 14.3. The van der Waals surface area contributed by atoms with E-state index in [4.69, 9.17) is 9.72 Å². The second kappa shape index (κ2) is 5.64. The number of anilines is 1. The molecule has 1 N–H and O–H groups in total. The van der Waals surface area contributed by atoms with Crippen LogP contribution in [0, 0.1) is 6.92 Å². The van der Waals surface area contributed by atoms with Crippen LogP contribution in [0.4, 0.5) is 5.69 Å². The number of hydrogen-bond acceptors (Lipinski definition) is 3. The fourth-order valence-electron chi connectivity index (χ4n) is 3.08. The topological polar surface area (TPSA) is 34.2 Å². The molecule has 112 valence electrons. The molecule has 0 spiro atoms. The van der Waals surface area contributed by atoms with E-state index in [1.54, 1.807) is 0 Å². The quantitative estimate of drug-likeness (QED) is 0.912. The van der Waals surface area contributed by atoms with Gasteiger partial charge in [0.2, 0.25) is 0 Å². The highest BCUT2D eigenvalue weighted by Gasteiger charge is 2.31. The molecule has 1 aliphatic rings. The number of nitrogens with one attached hydrogen (secondary N) is 1. The Morgan fingerprint density at radius 3 is 3.00 bits per heavy atom. The van der Waals surface area contributed by atoms with E-state index in [0.717, 1.165) is 42.8 Å². The maximum Gasteiger partial charge on any atom is 0.0936 e. The van der Waals surface area contributed by atoms with Crippen molar-refractivity contribution in [3.63, 3.8) is 0 Å². The first-order valence-corrected chi connectivity index (χ1v) is 7.86. The highest BCUT2D eigenvalue weighted by atomic mass is 16.5. The van der Waals surface area contributed by atoms with E-state index in [0.29, 0.717) is 6.04 Å². The third-order valence-electron chi connectivity index (χ3n) is 4.56. The molecule has 3 nitrogen and oxygen atoms in total. The lowest BCUT2D eigenvalue weighted by atomic mass is 9.89. The second-order valence-corrected chi connectivity index (χ2v) is 6.32. The van der Waals surface area contributed by atoms with Gasteiger partial charge in [0.25, 0.3) is 0 Å². The molecule has 2 atom stereocenters. The molecule has 0 saturated carbocycles. The van der Waals surface area contributed by atoms with E-state index in [1.165, 1.54) is 5.39 Å². The molecule has 3 heteroatoms. The van der Waals surface area contributed by atoms with Gasteiger partial charge in [0.1, 0.15) is 0 Å². The lowest BCUT2D eigenvalue weighted by Crippen LogP contribution is -2.41. The molecule has 2 heterocycles. The van der Waals surface area contributed by atoms with Crippen LogP contribution in [-0.2, 0) is 4.74 Å². The number of ether oxygens (including phenoxy) is 1. The van der Waals surface area contributed by atoms with Crippen LogP contribution in [0.3, 0.4) is 0 Å². The number of rotatable bonds is 3. The Kier molecular flexibility index (Phi) is 3.85. The van der Waals surface area contributed by atoms with Crippen LogP contribution < -0.4 is 5.32 Å². The number of hydrogen-bond donors (Lipinski definition) is 1. The summed E-state index contributed by atoms with van der Waals surface area (Å²) in [5.74, 6) is 0. The van der Waals surface area contributed by atoms with Gasteiger partial charge in [-0.05, 0) is 45.2 Å². The van der Waals surface area contributed by atoms with Crippen molar-refractivity contribution in [3.8, 4) is 0 Å². The standard InChI is InChI=1S/C18H24N2O/c1-4-18(3)12-15(10-11-21-18)20-16-7-5-6-14-9-8-13(2)19-17(14)16/h5-9,15,20H,4,10-12H2,1-3H3. The second-order valence-electron chi connectivity index (χ2n) is 6.32. The first-order chi connectivity index (χ1) is 10.1. The summed E-state index contributed by atoms with van der Waals surface area (Å²) < 4.78 is 5.93. The van der Waals surface area contributed by atoms with Crippen molar-refractivity contribution in [2.24, 2.45) is 0 Å². The Morgan fingerprint density at radius 2 is 2.19 bits per heavy atom. The normalized spacial score (nSPS) is 26.0. The number of para-hydroxylation sites is 1. The summed E-state index contributed by atoms with van der Waals surface area (Å²) in [5.41, 5.74) is 3.27.